The molecule has 1 fully saturated rings. The van der Waals surface area contributed by atoms with Crippen LogP contribution in [-0.2, 0) is 20.7 Å². The minimum absolute atomic E-state index is 0.166. The van der Waals surface area contributed by atoms with Gasteiger partial charge in [-0.3, -0.25) is 0 Å². The van der Waals surface area contributed by atoms with E-state index in [1.165, 1.54) is 5.56 Å². The van der Waals surface area contributed by atoms with E-state index in [2.05, 4.69) is 52.0 Å². The van der Waals surface area contributed by atoms with Crippen LogP contribution in [0.1, 0.15) is 96.3 Å². The van der Waals surface area contributed by atoms with E-state index in [1.54, 1.807) is 21.0 Å². The molecule has 0 saturated heterocycles. The number of nitrogens with zero attached hydrogens (tertiary/aromatic N) is 1. The molecule has 1 aromatic heterocycles. The lowest BCUT2D eigenvalue weighted by molar-refractivity contribution is -0.163. The molecular weight excluding hydrogens is 442 g/mol. The van der Waals surface area contributed by atoms with Crippen molar-refractivity contribution < 1.29 is 23.8 Å². The van der Waals surface area contributed by atoms with Gasteiger partial charge in [0.25, 0.3) is 0 Å². The molecule has 1 unspecified atom stereocenters. The van der Waals surface area contributed by atoms with Crippen LogP contribution in [0.5, 0.6) is 0 Å². The van der Waals surface area contributed by atoms with Gasteiger partial charge in [0.05, 0.1) is 6.61 Å². The van der Waals surface area contributed by atoms with Gasteiger partial charge in [-0.05, 0) is 75.0 Å². The first-order valence-electron chi connectivity index (χ1n) is 13.0. The summed E-state index contributed by atoms with van der Waals surface area (Å²) in [7, 11) is 1.75. The molecule has 0 radical (unpaired) electrons. The average Bonchev–Trinajstić information content (AvgIpc) is 3.24. The molecule has 1 aliphatic rings. The molecular formula is C29H43NO5. The van der Waals surface area contributed by atoms with E-state index in [4.69, 9.17) is 18.9 Å². The van der Waals surface area contributed by atoms with Gasteiger partial charge in [-0.2, -0.15) is 0 Å². The second kappa shape index (κ2) is 11.7. The summed E-state index contributed by atoms with van der Waals surface area (Å²) in [5.74, 6) is 1.96. The fourth-order valence-corrected chi connectivity index (χ4v) is 5.01. The first kappa shape index (κ1) is 27.4. The first-order chi connectivity index (χ1) is 16.5. The fraction of sp³-hybridized carbons (Fsp3) is 0.655. The summed E-state index contributed by atoms with van der Waals surface area (Å²) in [6.45, 7) is 12.3. The molecule has 35 heavy (non-hydrogen) atoms. The van der Waals surface area contributed by atoms with Crippen LogP contribution in [0.2, 0.25) is 0 Å². The van der Waals surface area contributed by atoms with Crippen LogP contribution < -0.4 is 0 Å². The second-order valence-electron chi connectivity index (χ2n) is 11.3. The molecule has 1 heterocycles. The average molecular weight is 486 g/mol. The van der Waals surface area contributed by atoms with Gasteiger partial charge in [-0.1, -0.05) is 46.2 Å². The summed E-state index contributed by atoms with van der Waals surface area (Å²) in [5, 5.41) is 9.37. The van der Waals surface area contributed by atoms with E-state index < -0.39 is 11.6 Å². The van der Waals surface area contributed by atoms with Crippen molar-refractivity contribution in [3.63, 3.8) is 0 Å². The van der Waals surface area contributed by atoms with Crippen LogP contribution >= 0.6 is 0 Å². The summed E-state index contributed by atoms with van der Waals surface area (Å²) in [4.78, 5) is 16.4. The topological polar surface area (TPSA) is 81.8 Å². The fourth-order valence-electron chi connectivity index (χ4n) is 5.01. The van der Waals surface area contributed by atoms with Crippen molar-refractivity contribution in [1.82, 2.24) is 4.98 Å². The number of benzene rings is 1. The highest BCUT2D eigenvalue weighted by atomic mass is 16.5. The van der Waals surface area contributed by atoms with Crippen molar-refractivity contribution in [2.45, 2.75) is 91.3 Å². The minimum Gasteiger partial charge on any atom is -0.479 e. The summed E-state index contributed by atoms with van der Waals surface area (Å²) in [6.07, 6.45) is 4.94. The Morgan fingerprint density at radius 3 is 2.43 bits per heavy atom. The number of carbonyl (C=O) groups is 1. The van der Waals surface area contributed by atoms with E-state index in [0.29, 0.717) is 24.3 Å². The minimum atomic E-state index is -1.18. The van der Waals surface area contributed by atoms with Crippen molar-refractivity contribution in [3.8, 4) is 11.5 Å². The molecule has 0 aliphatic heterocycles. The van der Waals surface area contributed by atoms with E-state index in [1.807, 2.05) is 0 Å². The zero-order valence-corrected chi connectivity index (χ0v) is 22.5. The Balaban J connectivity index is 1.80. The van der Waals surface area contributed by atoms with Gasteiger partial charge < -0.3 is 19.0 Å². The van der Waals surface area contributed by atoms with Gasteiger partial charge >= 0.3 is 5.97 Å². The first-order valence-corrected chi connectivity index (χ1v) is 13.0. The number of oxazole rings is 1. The third kappa shape index (κ3) is 6.95. The van der Waals surface area contributed by atoms with Gasteiger partial charge in [0, 0.05) is 18.6 Å². The van der Waals surface area contributed by atoms with Crippen LogP contribution in [0.4, 0.5) is 0 Å². The summed E-state index contributed by atoms with van der Waals surface area (Å²) in [5.41, 5.74) is 2.01. The lowest BCUT2D eigenvalue weighted by atomic mass is 9.77. The third-order valence-corrected chi connectivity index (χ3v) is 7.02. The lowest BCUT2D eigenvalue weighted by Crippen LogP contribution is -2.37. The largest absolute Gasteiger partial charge is 0.479 e. The van der Waals surface area contributed by atoms with Gasteiger partial charge in [0.2, 0.25) is 5.89 Å². The van der Waals surface area contributed by atoms with Crippen molar-refractivity contribution >= 4 is 5.97 Å². The molecule has 1 aromatic carbocycles. The summed E-state index contributed by atoms with van der Waals surface area (Å²) in [6, 6.07) is 8.51. The number of hydrogen-bond donors (Lipinski definition) is 1. The highest BCUT2D eigenvalue weighted by Gasteiger charge is 2.36. The zero-order valence-electron chi connectivity index (χ0n) is 22.5. The molecule has 6 nitrogen and oxygen atoms in total. The van der Waals surface area contributed by atoms with Crippen molar-refractivity contribution in [3.05, 3.63) is 41.3 Å². The van der Waals surface area contributed by atoms with Gasteiger partial charge in [-0.25, -0.2) is 9.78 Å². The zero-order chi connectivity index (χ0) is 25.8. The van der Waals surface area contributed by atoms with Crippen molar-refractivity contribution in [1.29, 1.82) is 0 Å². The maximum Gasteiger partial charge on any atom is 0.335 e. The number of aromatic nitrogens is 1. The van der Waals surface area contributed by atoms with E-state index in [0.717, 1.165) is 49.1 Å². The third-order valence-electron chi connectivity index (χ3n) is 7.02. The number of carboxylic acids is 1. The monoisotopic (exact) mass is 485 g/mol. The van der Waals surface area contributed by atoms with E-state index in [-0.39, 0.29) is 17.9 Å². The Labute approximate surface area is 210 Å². The molecule has 1 aliphatic carbocycles. The molecule has 0 bridgehead atoms. The second-order valence-corrected chi connectivity index (χ2v) is 11.3. The number of methoxy groups -OCH3 is 1. The van der Waals surface area contributed by atoms with Crippen LogP contribution in [0.15, 0.2) is 28.7 Å². The van der Waals surface area contributed by atoms with E-state index in [9.17, 15) is 9.90 Å². The number of rotatable bonds is 11. The highest BCUT2D eigenvalue weighted by molar-refractivity contribution is 5.76. The van der Waals surface area contributed by atoms with Crippen molar-refractivity contribution in [2.75, 3.05) is 13.7 Å². The number of aliphatic carboxylic acids is 1. The Bertz CT molecular complexity index is 960. The molecule has 0 spiro atoms. The predicted octanol–water partition coefficient (Wildman–Crippen LogP) is 7.04. The number of carboxylic acid groups (broad SMARTS) is 1. The van der Waals surface area contributed by atoms with Crippen LogP contribution in [0.3, 0.4) is 0 Å². The normalized spacial score (nSPS) is 19.9. The highest BCUT2D eigenvalue weighted by Crippen LogP contribution is 2.42. The Hall–Kier alpha value is -2.18. The molecule has 1 N–H and O–H groups in total. The Morgan fingerprint density at radius 2 is 1.86 bits per heavy atom. The van der Waals surface area contributed by atoms with Crippen LogP contribution in [0.25, 0.3) is 11.5 Å². The molecule has 3 rings (SSSR count). The smallest absolute Gasteiger partial charge is 0.335 e. The van der Waals surface area contributed by atoms with Gasteiger partial charge in [0.1, 0.15) is 17.6 Å². The van der Waals surface area contributed by atoms with E-state index >= 15 is 0 Å². The van der Waals surface area contributed by atoms with Gasteiger partial charge in [0.15, 0.2) is 5.60 Å². The quantitative estimate of drug-likeness (QED) is 0.368. The molecule has 1 saturated carbocycles. The predicted molar refractivity (Wildman–Crippen MR) is 137 cm³/mol. The SMILES string of the molecule is COC(c1nc(-c2ccc(CC(C)C)cc2)oc1C(C)C)[C@H]1CCC[C@@H](COC(C)(C)C(=O)O)C1. The number of hydrogen-bond acceptors (Lipinski definition) is 5. The maximum absolute atomic E-state index is 11.4. The molecule has 2 aromatic rings. The molecule has 6 heteroatoms. The van der Waals surface area contributed by atoms with Crippen molar-refractivity contribution in [2.24, 2.45) is 17.8 Å². The Kier molecular flexibility index (Phi) is 9.16. The van der Waals surface area contributed by atoms with Gasteiger partial charge in [-0.15, -0.1) is 0 Å². The number of ether oxygens (including phenoxy) is 2. The Morgan fingerprint density at radius 1 is 1.17 bits per heavy atom. The maximum atomic E-state index is 11.4. The molecule has 0 amide bonds. The lowest BCUT2D eigenvalue weighted by Gasteiger charge is -2.34. The molecule has 194 valence electrons. The standard InChI is InChI=1S/C29H43NO5/c1-18(2)15-20-11-13-22(14-12-20)27-30-24(25(35-27)19(3)4)26(33-7)23-10-8-9-21(16-23)17-34-29(5,6)28(31)32/h11-14,18-19,21,23,26H,8-10,15-17H2,1-7H3,(H,31,32)/t21-,23+,26?/m1/s1. The molecule has 3 atom stereocenters. The van der Waals surface area contributed by atoms with Crippen LogP contribution in [0, 0.1) is 17.8 Å². The summed E-state index contributed by atoms with van der Waals surface area (Å²) < 4.78 is 18.2. The summed E-state index contributed by atoms with van der Waals surface area (Å²) >= 11 is 0. The van der Waals surface area contributed by atoms with Crippen LogP contribution in [-0.4, -0.2) is 35.4 Å².